The van der Waals surface area contributed by atoms with Crippen molar-refractivity contribution in [1.82, 2.24) is 4.31 Å². The molecule has 0 spiro atoms. The van der Waals surface area contributed by atoms with Crippen molar-refractivity contribution in [1.29, 1.82) is 0 Å². The van der Waals surface area contributed by atoms with E-state index in [4.69, 9.17) is 4.74 Å². The van der Waals surface area contributed by atoms with Crippen LogP contribution in [0.5, 0.6) is 11.5 Å². The molecule has 0 radical (unpaired) electrons. The molecule has 0 aliphatic rings. The zero-order valence-corrected chi connectivity index (χ0v) is 22.8. The van der Waals surface area contributed by atoms with Gasteiger partial charge in [-0.2, -0.15) is 4.31 Å². The number of hydrogen-bond donors (Lipinski definition) is 1. The normalized spacial score (nSPS) is 12.7. The van der Waals surface area contributed by atoms with Crippen LogP contribution in [0.2, 0.25) is 0 Å². The van der Waals surface area contributed by atoms with E-state index in [-0.39, 0.29) is 4.90 Å². The van der Waals surface area contributed by atoms with Crippen LogP contribution in [0, 0.1) is 0 Å². The summed E-state index contributed by atoms with van der Waals surface area (Å²) in [7, 11) is -7.45. The molecule has 1 N–H and O–H groups in total. The van der Waals surface area contributed by atoms with Crippen molar-refractivity contribution in [2.24, 2.45) is 0 Å². The number of ether oxygens (including phenoxy) is 1. The van der Waals surface area contributed by atoms with E-state index in [2.05, 4.69) is 5.32 Å². The molecule has 37 heavy (non-hydrogen) atoms. The summed E-state index contributed by atoms with van der Waals surface area (Å²) in [4.78, 5) is 13.1. The van der Waals surface area contributed by atoms with E-state index in [9.17, 15) is 21.6 Å². The molecule has 198 valence electrons. The molecule has 0 saturated carbocycles. The zero-order chi connectivity index (χ0) is 27.2. The summed E-state index contributed by atoms with van der Waals surface area (Å²) in [5.41, 5.74) is 0.640. The summed E-state index contributed by atoms with van der Waals surface area (Å²) in [5, 5.41) is 2.67. The smallest absolute Gasteiger partial charge is 0.247 e. The number of carbonyl (C=O) groups excluding carboxylic acids is 1. The van der Waals surface area contributed by atoms with E-state index in [0.29, 0.717) is 36.0 Å². The Bertz CT molecular complexity index is 1410. The SMILES string of the molecule is CCN(CC)S(=O)(=O)c1ccc(NC(=O)[C@H](C)N(c2ccc(Oc3ccccc3)cc2)S(C)(=O)=O)cc1. The highest BCUT2D eigenvalue weighted by atomic mass is 32.2. The number of para-hydroxylation sites is 1. The fourth-order valence-electron chi connectivity index (χ4n) is 3.76. The zero-order valence-electron chi connectivity index (χ0n) is 21.2. The molecule has 0 aliphatic carbocycles. The average Bonchev–Trinajstić information content (AvgIpc) is 2.86. The molecule has 1 amide bonds. The van der Waals surface area contributed by atoms with Crippen molar-refractivity contribution in [2.45, 2.75) is 31.7 Å². The van der Waals surface area contributed by atoms with Crippen LogP contribution >= 0.6 is 0 Å². The highest BCUT2D eigenvalue weighted by molar-refractivity contribution is 7.92. The molecule has 0 saturated heterocycles. The highest BCUT2D eigenvalue weighted by Gasteiger charge is 2.29. The molecule has 0 aromatic heterocycles. The van der Waals surface area contributed by atoms with Gasteiger partial charge in [-0.05, 0) is 67.6 Å². The Labute approximate surface area is 218 Å². The molecule has 9 nitrogen and oxygen atoms in total. The topological polar surface area (TPSA) is 113 Å². The van der Waals surface area contributed by atoms with Crippen LogP contribution in [0.3, 0.4) is 0 Å². The molecule has 0 unspecified atom stereocenters. The van der Waals surface area contributed by atoms with Gasteiger partial charge < -0.3 is 10.1 Å². The minimum absolute atomic E-state index is 0.109. The van der Waals surface area contributed by atoms with Crippen LogP contribution < -0.4 is 14.4 Å². The maximum Gasteiger partial charge on any atom is 0.247 e. The number of carbonyl (C=O) groups is 1. The Morgan fingerprint density at radius 1 is 0.838 bits per heavy atom. The molecule has 0 bridgehead atoms. The van der Waals surface area contributed by atoms with Crippen LogP contribution in [0.4, 0.5) is 11.4 Å². The second-order valence-corrected chi connectivity index (χ2v) is 12.0. The lowest BCUT2D eigenvalue weighted by Crippen LogP contribution is -2.45. The van der Waals surface area contributed by atoms with Crippen molar-refractivity contribution in [3.63, 3.8) is 0 Å². The first kappa shape index (κ1) is 28.2. The second-order valence-electron chi connectivity index (χ2n) is 8.25. The predicted molar refractivity (Wildman–Crippen MR) is 145 cm³/mol. The second kappa shape index (κ2) is 11.8. The number of rotatable bonds is 11. The lowest BCUT2D eigenvalue weighted by atomic mass is 10.2. The molecule has 0 fully saturated rings. The van der Waals surface area contributed by atoms with E-state index in [0.717, 1.165) is 10.6 Å². The summed E-state index contributed by atoms with van der Waals surface area (Å²) in [6, 6.07) is 20.2. The number of hydrogen-bond acceptors (Lipinski definition) is 6. The fourth-order valence-corrected chi connectivity index (χ4v) is 6.40. The van der Waals surface area contributed by atoms with Gasteiger partial charge in [-0.1, -0.05) is 32.0 Å². The van der Waals surface area contributed by atoms with Gasteiger partial charge in [0.25, 0.3) is 0 Å². The average molecular weight is 546 g/mol. The Morgan fingerprint density at radius 2 is 1.38 bits per heavy atom. The maximum atomic E-state index is 13.0. The summed E-state index contributed by atoms with van der Waals surface area (Å²) < 4.78 is 58.7. The first-order valence-corrected chi connectivity index (χ1v) is 15.0. The van der Waals surface area contributed by atoms with Crippen molar-refractivity contribution < 1.29 is 26.4 Å². The minimum Gasteiger partial charge on any atom is -0.457 e. The quantitative estimate of drug-likeness (QED) is 0.384. The summed E-state index contributed by atoms with van der Waals surface area (Å²) in [6.07, 6.45) is 1.03. The third-order valence-electron chi connectivity index (χ3n) is 5.62. The fraction of sp³-hybridized carbons (Fsp3) is 0.269. The van der Waals surface area contributed by atoms with E-state index in [1.807, 2.05) is 18.2 Å². The Hall–Kier alpha value is -3.41. The van der Waals surface area contributed by atoms with Gasteiger partial charge >= 0.3 is 0 Å². The Balaban J connectivity index is 1.76. The number of anilines is 2. The van der Waals surface area contributed by atoms with Gasteiger partial charge in [-0.3, -0.25) is 9.10 Å². The van der Waals surface area contributed by atoms with Gasteiger partial charge in [0.15, 0.2) is 0 Å². The largest absolute Gasteiger partial charge is 0.457 e. The van der Waals surface area contributed by atoms with E-state index >= 15 is 0 Å². The minimum atomic E-state index is -3.82. The molecule has 0 heterocycles. The van der Waals surface area contributed by atoms with Crippen molar-refractivity contribution in [2.75, 3.05) is 29.0 Å². The summed E-state index contributed by atoms with van der Waals surface area (Å²) in [6.45, 7) is 5.68. The monoisotopic (exact) mass is 545 g/mol. The molecule has 3 aromatic carbocycles. The Morgan fingerprint density at radius 3 is 1.89 bits per heavy atom. The third-order valence-corrected chi connectivity index (χ3v) is 8.93. The number of benzene rings is 3. The molecule has 3 aromatic rings. The molecule has 0 aliphatic heterocycles. The first-order chi connectivity index (χ1) is 17.5. The predicted octanol–water partition coefficient (Wildman–Crippen LogP) is 4.30. The number of nitrogens with zero attached hydrogens (tertiary/aromatic N) is 2. The van der Waals surface area contributed by atoms with Crippen molar-refractivity contribution >= 4 is 37.3 Å². The third kappa shape index (κ3) is 6.88. The van der Waals surface area contributed by atoms with E-state index in [1.54, 1.807) is 50.2 Å². The Kier molecular flexibility index (Phi) is 8.95. The number of sulfonamides is 2. The van der Waals surface area contributed by atoms with Crippen molar-refractivity contribution in [3.8, 4) is 11.5 Å². The van der Waals surface area contributed by atoms with Gasteiger partial charge in [0, 0.05) is 18.8 Å². The van der Waals surface area contributed by atoms with Crippen LogP contribution in [0.25, 0.3) is 0 Å². The van der Waals surface area contributed by atoms with Crippen LogP contribution in [0.15, 0.2) is 83.8 Å². The van der Waals surface area contributed by atoms with Crippen LogP contribution in [0.1, 0.15) is 20.8 Å². The maximum absolute atomic E-state index is 13.0. The molecular weight excluding hydrogens is 514 g/mol. The standard InChI is InChI=1S/C26H31N3O6S2/c1-5-28(6-2)37(33,34)25-18-12-21(13-19-25)27-26(30)20(3)29(36(4,31)32)22-14-16-24(17-15-22)35-23-10-8-7-9-11-23/h7-20H,5-6H2,1-4H3,(H,27,30)/t20-/m0/s1. The van der Waals surface area contributed by atoms with Gasteiger partial charge in [0.2, 0.25) is 26.0 Å². The van der Waals surface area contributed by atoms with Gasteiger partial charge in [0.05, 0.1) is 16.8 Å². The highest BCUT2D eigenvalue weighted by Crippen LogP contribution is 2.27. The van der Waals surface area contributed by atoms with Gasteiger partial charge in [0.1, 0.15) is 17.5 Å². The molecular formula is C26H31N3O6S2. The van der Waals surface area contributed by atoms with E-state index in [1.165, 1.54) is 35.5 Å². The van der Waals surface area contributed by atoms with Crippen LogP contribution in [-0.2, 0) is 24.8 Å². The number of nitrogens with one attached hydrogen (secondary N) is 1. The van der Waals surface area contributed by atoms with Gasteiger partial charge in [-0.25, -0.2) is 16.8 Å². The molecule has 3 rings (SSSR count). The lowest BCUT2D eigenvalue weighted by molar-refractivity contribution is -0.116. The number of amides is 1. The van der Waals surface area contributed by atoms with Crippen molar-refractivity contribution in [3.05, 3.63) is 78.9 Å². The first-order valence-electron chi connectivity index (χ1n) is 11.7. The van der Waals surface area contributed by atoms with Crippen LogP contribution in [-0.4, -0.2) is 52.4 Å². The lowest BCUT2D eigenvalue weighted by Gasteiger charge is -2.28. The molecule has 11 heteroatoms. The summed E-state index contributed by atoms with van der Waals surface area (Å²) in [5.74, 6) is 0.577. The summed E-state index contributed by atoms with van der Waals surface area (Å²) >= 11 is 0. The van der Waals surface area contributed by atoms with E-state index < -0.39 is 32.0 Å². The van der Waals surface area contributed by atoms with Gasteiger partial charge in [-0.15, -0.1) is 0 Å². The molecule has 1 atom stereocenters.